The van der Waals surface area contributed by atoms with Gasteiger partial charge in [0.25, 0.3) is 0 Å². The first-order valence-corrected chi connectivity index (χ1v) is 10.6. The van der Waals surface area contributed by atoms with E-state index in [-0.39, 0.29) is 17.6 Å². The molecule has 0 amide bonds. The van der Waals surface area contributed by atoms with Gasteiger partial charge in [0, 0.05) is 23.4 Å². The largest absolute Gasteiger partial charge is 0.508 e. The summed E-state index contributed by atoms with van der Waals surface area (Å²) in [4.78, 5) is 17.5. The Hall–Kier alpha value is -3.06. The molecule has 1 unspecified atom stereocenters. The van der Waals surface area contributed by atoms with Crippen molar-refractivity contribution in [1.82, 2.24) is 14.8 Å². The van der Waals surface area contributed by atoms with Crippen molar-refractivity contribution < 1.29 is 9.90 Å². The first-order chi connectivity index (χ1) is 14.2. The number of anilines is 1. The Kier molecular flexibility index (Phi) is 4.60. The Morgan fingerprint density at radius 3 is 2.83 bits per heavy atom. The third-order valence-corrected chi connectivity index (χ3v) is 6.15. The lowest BCUT2D eigenvalue weighted by atomic mass is 9.85. The molecule has 1 aliphatic heterocycles. The first kappa shape index (κ1) is 18.0. The van der Waals surface area contributed by atoms with Gasteiger partial charge in [0.15, 0.2) is 5.78 Å². The highest BCUT2D eigenvalue weighted by Gasteiger charge is 2.36. The molecule has 2 heterocycles. The Morgan fingerprint density at radius 1 is 1.14 bits per heavy atom. The summed E-state index contributed by atoms with van der Waals surface area (Å²) < 4.78 is 1.78. The van der Waals surface area contributed by atoms with Crippen LogP contribution in [0.1, 0.15) is 36.4 Å². The molecule has 0 spiro atoms. The van der Waals surface area contributed by atoms with Crippen molar-refractivity contribution in [2.75, 3.05) is 5.32 Å². The molecule has 2 N–H and O–H groups in total. The van der Waals surface area contributed by atoms with Crippen LogP contribution in [0, 0.1) is 0 Å². The molecule has 1 aromatic heterocycles. The number of nitrogens with one attached hydrogen (secondary N) is 1. The summed E-state index contributed by atoms with van der Waals surface area (Å²) in [6.07, 6.45) is 2.19. The average molecular weight is 404 g/mol. The van der Waals surface area contributed by atoms with Gasteiger partial charge in [-0.15, -0.1) is 5.10 Å². The van der Waals surface area contributed by atoms with Crippen LogP contribution in [-0.4, -0.2) is 25.7 Å². The standard InChI is InChI=1S/C22H20N4O2S/c27-16-9-4-8-15(12-16)20-19-17(10-5-11-18(19)28)23-21-24-22(25-26(20)21)29-13-14-6-2-1-3-7-14/h1-4,6-9,12,20,27H,5,10-11,13H2,(H,23,24,25). The Balaban J connectivity index is 1.53. The fourth-order valence-corrected chi connectivity index (χ4v) is 4.71. The zero-order valence-electron chi connectivity index (χ0n) is 15.7. The Labute approximate surface area is 172 Å². The van der Waals surface area contributed by atoms with Crippen molar-refractivity contribution in [3.8, 4) is 5.75 Å². The fraction of sp³-hybridized carbons (Fsp3) is 0.227. The minimum atomic E-state index is -0.375. The number of phenols is 1. The van der Waals surface area contributed by atoms with E-state index in [0.717, 1.165) is 35.4 Å². The smallest absolute Gasteiger partial charge is 0.227 e. The highest BCUT2D eigenvalue weighted by atomic mass is 32.2. The van der Waals surface area contributed by atoms with Gasteiger partial charge in [-0.2, -0.15) is 4.98 Å². The number of Topliss-reactive ketones (excluding diaryl/α,β-unsaturated/α-hetero) is 1. The highest BCUT2D eigenvalue weighted by Crippen LogP contribution is 2.41. The van der Waals surface area contributed by atoms with Crippen molar-refractivity contribution in [2.24, 2.45) is 0 Å². The van der Waals surface area contributed by atoms with Gasteiger partial charge >= 0.3 is 0 Å². The molecule has 6 nitrogen and oxygen atoms in total. The van der Waals surface area contributed by atoms with Gasteiger partial charge in [0.1, 0.15) is 11.8 Å². The number of hydrogen-bond donors (Lipinski definition) is 2. The second kappa shape index (κ2) is 7.40. The SMILES string of the molecule is O=C1CCCC2=C1C(c1cccc(O)c1)n1nc(SCc3ccccc3)nc1N2. The van der Waals surface area contributed by atoms with Gasteiger partial charge < -0.3 is 10.4 Å². The van der Waals surface area contributed by atoms with E-state index in [1.807, 2.05) is 24.3 Å². The summed E-state index contributed by atoms with van der Waals surface area (Å²) in [5.74, 6) is 1.72. The number of nitrogens with zero attached hydrogens (tertiary/aromatic N) is 3. The molecule has 3 aromatic rings. The lowest BCUT2D eigenvalue weighted by Crippen LogP contribution is -2.31. The van der Waals surface area contributed by atoms with Crippen molar-refractivity contribution in [2.45, 2.75) is 36.2 Å². The van der Waals surface area contributed by atoms with Crippen LogP contribution >= 0.6 is 11.8 Å². The van der Waals surface area contributed by atoms with E-state index in [0.29, 0.717) is 17.5 Å². The quantitative estimate of drug-likeness (QED) is 0.631. The van der Waals surface area contributed by atoms with Crippen molar-refractivity contribution in [3.63, 3.8) is 0 Å². The molecule has 0 saturated carbocycles. The number of carbonyl (C=O) groups is 1. The van der Waals surface area contributed by atoms with E-state index in [2.05, 4.69) is 22.4 Å². The molecule has 5 rings (SSSR count). The number of phenolic OH excluding ortho intramolecular Hbond substituents is 1. The third-order valence-electron chi connectivity index (χ3n) is 5.25. The van der Waals surface area contributed by atoms with E-state index >= 15 is 0 Å². The van der Waals surface area contributed by atoms with Gasteiger partial charge in [0.2, 0.25) is 11.1 Å². The number of ketones is 1. The molecular weight excluding hydrogens is 384 g/mol. The number of fused-ring (bicyclic) bond motifs is 1. The Bertz CT molecular complexity index is 1110. The average Bonchev–Trinajstić information content (AvgIpc) is 3.14. The molecule has 29 heavy (non-hydrogen) atoms. The molecular formula is C22H20N4O2S. The maximum absolute atomic E-state index is 12.8. The van der Waals surface area contributed by atoms with Gasteiger partial charge in [-0.25, -0.2) is 4.68 Å². The van der Waals surface area contributed by atoms with Crippen LogP contribution in [0.25, 0.3) is 0 Å². The van der Waals surface area contributed by atoms with Crippen LogP contribution in [-0.2, 0) is 10.5 Å². The summed E-state index contributed by atoms with van der Waals surface area (Å²) in [6, 6.07) is 16.9. The maximum atomic E-state index is 12.8. The molecule has 0 fully saturated rings. The van der Waals surface area contributed by atoms with Gasteiger partial charge in [-0.05, 0) is 36.1 Å². The minimum Gasteiger partial charge on any atom is -0.508 e. The van der Waals surface area contributed by atoms with Crippen LogP contribution in [0.15, 0.2) is 71.0 Å². The molecule has 2 aliphatic rings. The van der Waals surface area contributed by atoms with E-state index in [1.165, 1.54) is 5.56 Å². The normalized spacial score (nSPS) is 18.2. The van der Waals surface area contributed by atoms with Crippen LogP contribution in [0.4, 0.5) is 5.95 Å². The molecule has 146 valence electrons. The molecule has 7 heteroatoms. The summed E-state index contributed by atoms with van der Waals surface area (Å²) in [6.45, 7) is 0. The summed E-state index contributed by atoms with van der Waals surface area (Å²) in [5, 5.41) is 18.7. The van der Waals surface area contributed by atoms with Gasteiger partial charge in [-0.1, -0.05) is 54.2 Å². The monoisotopic (exact) mass is 404 g/mol. The predicted octanol–water partition coefficient (Wildman–Crippen LogP) is 4.30. The lowest BCUT2D eigenvalue weighted by molar-refractivity contribution is -0.116. The van der Waals surface area contributed by atoms with Crippen LogP contribution in [0.5, 0.6) is 5.75 Å². The summed E-state index contributed by atoms with van der Waals surface area (Å²) in [5.41, 5.74) is 3.70. The van der Waals surface area contributed by atoms with E-state index in [9.17, 15) is 9.90 Å². The number of rotatable bonds is 4. The van der Waals surface area contributed by atoms with E-state index in [4.69, 9.17) is 5.10 Å². The first-order valence-electron chi connectivity index (χ1n) is 9.64. The number of thioether (sulfide) groups is 1. The summed E-state index contributed by atoms with van der Waals surface area (Å²) in [7, 11) is 0. The van der Waals surface area contributed by atoms with Gasteiger partial charge in [0.05, 0.1) is 0 Å². The van der Waals surface area contributed by atoms with Crippen LogP contribution in [0.2, 0.25) is 0 Å². The molecule has 0 radical (unpaired) electrons. The number of carbonyl (C=O) groups excluding carboxylic acids is 1. The fourth-order valence-electron chi connectivity index (χ4n) is 3.92. The molecule has 0 saturated heterocycles. The van der Waals surface area contributed by atoms with Crippen LogP contribution in [0.3, 0.4) is 0 Å². The zero-order valence-corrected chi connectivity index (χ0v) is 16.5. The second-order valence-electron chi connectivity index (χ2n) is 7.23. The number of hydrogen-bond acceptors (Lipinski definition) is 6. The van der Waals surface area contributed by atoms with Crippen LogP contribution < -0.4 is 5.32 Å². The zero-order chi connectivity index (χ0) is 19.8. The number of aromatic hydroxyl groups is 1. The molecule has 1 atom stereocenters. The number of allylic oxidation sites excluding steroid dienone is 2. The maximum Gasteiger partial charge on any atom is 0.227 e. The lowest BCUT2D eigenvalue weighted by Gasteiger charge is -2.32. The van der Waals surface area contributed by atoms with Gasteiger partial charge in [-0.3, -0.25) is 4.79 Å². The molecule has 2 aromatic carbocycles. The summed E-state index contributed by atoms with van der Waals surface area (Å²) >= 11 is 1.57. The molecule has 0 bridgehead atoms. The van der Waals surface area contributed by atoms with Crippen molar-refractivity contribution in [3.05, 3.63) is 77.0 Å². The minimum absolute atomic E-state index is 0.131. The second-order valence-corrected chi connectivity index (χ2v) is 8.17. The van der Waals surface area contributed by atoms with Crippen molar-refractivity contribution >= 4 is 23.5 Å². The third kappa shape index (κ3) is 3.42. The van der Waals surface area contributed by atoms with E-state index in [1.54, 1.807) is 34.6 Å². The van der Waals surface area contributed by atoms with Crippen molar-refractivity contribution in [1.29, 1.82) is 0 Å². The highest BCUT2D eigenvalue weighted by molar-refractivity contribution is 7.98. The Morgan fingerprint density at radius 2 is 2.00 bits per heavy atom. The molecule has 1 aliphatic carbocycles. The number of aromatic nitrogens is 3. The van der Waals surface area contributed by atoms with E-state index < -0.39 is 0 Å². The topological polar surface area (TPSA) is 80.0 Å². The predicted molar refractivity (Wildman–Crippen MR) is 112 cm³/mol. The number of benzene rings is 2.